The van der Waals surface area contributed by atoms with E-state index in [0.29, 0.717) is 23.4 Å². The summed E-state index contributed by atoms with van der Waals surface area (Å²) in [5, 5.41) is 2.67. The molecular formula is C18H17BrFNO4. The smallest absolute Gasteiger partial charge is 0.331 e. The van der Waals surface area contributed by atoms with Crippen molar-refractivity contribution in [1.82, 2.24) is 5.32 Å². The predicted molar refractivity (Wildman–Crippen MR) is 94.1 cm³/mol. The monoisotopic (exact) mass is 409 g/mol. The number of carbonyl (C=O) groups is 2. The molecule has 2 rings (SSSR count). The first-order valence-corrected chi connectivity index (χ1v) is 8.39. The molecule has 7 heteroatoms. The van der Waals surface area contributed by atoms with Gasteiger partial charge in [-0.15, -0.1) is 0 Å². The lowest BCUT2D eigenvalue weighted by molar-refractivity contribution is -0.150. The molecule has 25 heavy (non-hydrogen) atoms. The molecule has 0 bridgehead atoms. The van der Waals surface area contributed by atoms with Gasteiger partial charge in [0, 0.05) is 12.6 Å². The van der Waals surface area contributed by atoms with Gasteiger partial charge in [-0.25, -0.2) is 9.18 Å². The van der Waals surface area contributed by atoms with Crippen molar-refractivity contribution < 1.29 is 23.1 Å². The van der Waals surface area contributed by atoms with Crippen LogP contribution in [0, 0.1) is 5.82 Å². The average molecular weight is 410 g/mol. The lowest BCUT2D eigenvalue weighted by atomic mass is 10.1. The number of hydrogen-bond donors (Lipinski definition) is 1. The fraction of sp³-hybridized carbons (Fsp3) is 0.222. The maximum Gasteiger partial charge on any atom is 0.331 e. The van der Waals surface area contributed by atoms with Gasteiger partial charge in [0.25, 0.3) is 5.91 Å². The van der Waals surface area contributed by atoms with E-state index in [4.69, 9.17) is 9.15 Å². The van der Waals surface area contributed by atoms with Crippen molar-refractivity contribution in [3.8, 4) is 0 Å². The van der Waals surface area contributed by atoms with E-state index >= 15 is 0 Å². The zero-order valence-electron chi connectivity index (χ0n) is 13.5. The minimum absolute atomic E-state index is 0.303. The standard InChI is InChI=1S/C18H17BrFNO4/c1-12(24-17(22)9-7-15-6-8-16(19)25-15)18(23)21-11-10-13-2-4-14(20)5-3-13/h2-9,12H,10-11H2,1H3,(H,21,23)/b9-7+/t12-/m1/s1. The van der Waals surface area contributed by atoms with Crippen molar-refractivity contribution in [3.63, 3.8) is 0 Å². The van der Waals surface area contributed by atoms with Crippen LogP contribution in [0.25, 0.3) is 6.08 Å². The van der Waals surface area contributed by atoms with Gasteiger partial charge in [-0.2, -0.15) is 0 Å². The molecule has 0 aliphatic carbocycles. The van der Waals surface area contributed by atoms with Gasteiger partial charge in [0.2, 0.25) is 0 Å². The summed E-state index contributed by atoms with van der Waals surface area (Å²) in [6.07, 6.45) is 2.27. The Balaban J connectivity index is 1.72. The number of nitrogens with one attached hydrogen (secondary N) is 1. The third-order valence-electron chi connectivity index (χ3n) is 3.27. The molecule has 5 nitrogen and oxygen atoms in total. The summed E-state index contributed by atoms with van der Waals surface area (Å²) in [6, 6.07) is 9.42. The highest BCUT2D eigenvalue weighted by molar-refractivity contribution is 9.10. The third kappa shape index (κ3) is 6.54. The van der Waals surface area contributed by atoms with Gasteiger partial charge in [0.1, 0.15) is 11.6 Å². The maximum absolute atomic E-state index is 12.8. The van der Waals surface area contributed by atoms with E-state index in [9.17, 15) is 14.0 Å². The van der Waals surface area contributed by atoms with Crippen molar-refractivity contribution in [2.75, 3.05) is 6.54 Å². The number of halogens is 2. The number of ether oxygens (including phenoxy) is 1. The van der Waals surface area contributed by atoms with Crippen LogP contribution >= 0.6 is 15.9 Å². The van der Waals surface area contributed by atoms with Crippen LogP contribution in [0.4, 0.5) is 4.39 Å². The molecule has 0 fully saturated rings. The number of hydrogen-bond acceptors (Lipinski definition) is 4. The van der Waals surface area contributed by atoms with Crippen molar-refractivity contribution >= 4 is 33.9 Å². The molecule has 0 spiro atoms. The summed E-state index contributed by atoms with van der Waals surface area (Å²) >= 11 is 3.15. The summed E-state index contributed by atoms with van der Waals surface area (Å²) in [4.78, 5) is 23.6. The van der Waals surface area contributed by atoms with Gasteiger partial charge in [-0.05, 0) is 65.2 Å². The van der Waals surface area contributed by atoms with Gasteiger partial charge in [-0.3, -0.25) is 4.79 Å². The molecule has 0 saturated carbocycles. The van der Waals surface area contributed by atoms with Crippen LogP contribution in [0.2, 0.25) is 0 Å². The van der Waals surface area contributed by atoms with Crippen molar-refractivity contribution in [1.29, 1.82) is 0 Å². The van der Waals surface area contributed by atoms with Gasteiger partial charge >= 0.3 is 5.97 Å². The predicted octanol–water partition coefficient (Wildman–Crippen LogP) is 3.49. The second kappa shape index (κ2) is 9.17. The Morgan fingerprint density at radius 2 is 2.00 bits per heavy atom. The van der Waals surface area contributed by atoms with E-state index in [1.165, 1.54) is 31.2 Å². The molecule has 1 amide bonds. The molecule has 0 aliphatic rings. The van der Waals surface area contributed by atoms with Crippen LogP contribution in [-0.4, -0.2) is 24.5 Å². The van der Waals surface area contributed by atoms with Gasteiger partial charge in [-0.1, -0.05) is 12.1 Å². The van der Waals surface area contributed by atoms with Crippen LogP contribution in [0.15, 0.2) is 51.6 Å². The summed E-state index contributed by atoms with van der Waals surface area (Å²) in [6.45, 7) is 1.85. The van der Waals surface area contributed by atoms with Crippen LogP contribution < -0.4 is 5.32 Å². The lowest BCUT2D eigenvalue weighted by Gasteiger charge is -2.12. The number of carbonyl (C=O) groups excluding carboxylic acids is 2. The van der Waals surface area contributed by atoms with Crippen LogP contribution in [0.5, 0.6) is 0 Å². The molecule has 0 radical (unpaired) electrons. The molecule has 1 aromatic heterocycles. The minimum Gasteiger partial charge on any atom is -0.450 e. The SMILES string of the molecule is C[C@@H](OC(=O)/C=C/c1ccc(Br)o1)C(=O)NCCc1ccc(F)cc1. The van der Waals surface area contributed by atoms with Crippen molar-refractivity contribution in [2.24, 2.45) is 0 Å². The molecule has 1 N–H and O–H groups in total. The second-order valence-electron chi connectivity index (χ2n) is 5.22. The van der Waals surface area contributed by atoms with E-state index in [2.05, 4.69) is 21.2 Å². The number of esters is 1. The fourth-order valence-electron chi connectivity index (χ4n) is 1.96. The normalized spacial score (nSPS) is 12.1. The first-order chi connectivity index (χ1) is 11.9. The zero-order chi connectivity index (χ0) is 18.2. The van der Waals surface area contributed by atoms with Gasteiger partial charge in [0.15, 0.2) is 10.8 Å². The van der Waals surface area contributed by atoms with E-state index in [-0.39, 0.29) is 5.82 Å². The molecule has 1 atom stereocenters. The van der Waals surface area contributed by atoms with E-state index < -0.39 is 18.0 Å². The van der Waals surface area contributed by atoms with E-state index in [0.717, 1.165) is 5.56 Å². The first kappa shape index (κ1) is 18.9. The molecule has 0 saturated heterocycles. The Kier molecular flexibility index (Phi) is 6.94. The summed E-state index contributed by atoms with van der Waals surface area (Å²) in [7, 11) is 0. The second-order valence-corrected chi connectivity index (χ2v) is 6.00. The summed E-state index contributed by atoms with van der Waals surface area (Å²) in [5.41, 5.74) is 0.902. The third-order valence-corrected chi connectivity index (χ3v) is 3.69. The molecule has 2 aromatic rings. The Hall–Kier alpha value is -2.41. The Bertz CT molecular complexity index is 755. The largest absolute Gasteiger partial charge is 0.450 e. The molecule has 0 aliphatic heterocycles. The topological polar surface area (TPSA) is 68.5 Å². The number of benzene rings is 1. The van der Waals surface area contributed by atoms with Crippen LogP contribution in [0.3, 0.4) is 0 Å². The highest BCUT2D eigenvalue weighted by Gasteiger charge is 2.15. The highest BCUT2D eigenvalue weighted by atomic mass is 79.9. The Labute approximate surface area is 153 Å². The van der Waals surface area contributed by atoms with Gasteiger partial charge in [0.05, 0.1) is 0 Å². The van der Waals surface area contributed by atoms with E-state index in [1.54, 1.807) is 24.3 Å². The zero-order valence-corrected chi connectivity index (χ0v) is 15.1. The number of rotatable bonds is 7. The molecule has 0 unspecified atom stereocenters. The highest BCUT2D eigenvalue weighted by Crippen LogP contribution is 2.15. The number of amides is 1. The average Bonchev–Trinajstić information content (AvgIpc) is 3.00. The van der Waals surface area contributed by atoms with Crippen LogP contribution in [0.1, 0.15) is 18.2 Å². The quantitative estimate of drug-likeness (QED) is 0.561. The lowest BCUT2D eigenvalue weighted by Crippen LogP contribution is -2.36. The molecule has 1 heterocycles. The molecule has 1 aromatic carbocycles. The van der Waals surface area contributed by atoms with Crippen molar-refractivity contribution in [2.45, 2.75) is 19.4 Å². The maximum atomic E-state index is 12.8. The van der Waals surface area contributed by atoms with Crippen molar-refractivity contribution in [3.05, 3.63) is 64.3 Å². The van der Waals surface area contributed by atoms with E-state index in [1.807, 2.05) is 0 Å². The summed E-state index contributed by atoms with van der Waals surface area (Å²) < 4.78 is 23.6. The molecular weight excluding hydrogens is 393 g/mol. The number of furan rings is 1. The molecule has 132 valence electrons. The fourth-order valence-corrected chi connectivity index (χ4v) is 2.28. The Morgan fingerprint density at radius 1 is 1.28 bits per heavy atom. The summed E-state index contributed by atoms with van der Waals surface area (Å²) in [5.74, 6) is -0.859. The van der Waals surface area contributed by atoms with Crippen LogP contribution in [-0.2, 0) is 20.7 Å². The first-order valence-electron chi connectivity index (χ1n) is 7.60. The van der Waals surface area contributed by atoms with Gasteiger partial charge < -0.3 is 14.5 Å². The Morgan fingerprint density at radius 3 is 2.64 bits per heavy atom. The minimum atomic E-state index is -0.922.